The van der Waals surface area contributed by atoms with E-state index in [4.69, 9.17) is 9.72 Å². The van der Waals surface area contributed by atoms with Gasteiger partial charge in [0.05, 0.1) is 18.2 Å². The number of ether oxygens (including phenoxy) is 1. The van der Waals surface area contributed by atoms with E-state index in [0.717, 1.165) is 17.4 Å². The molecule has 1 N–H and O–H groups in total. The van der Waals surface area contributed by atoms with Gasteiger partial charge in [-0.05, 0) is 37.0 Å². The van der Waals surface area contributed by atoms with Crippen molar-refractivity contribution in [2.45, 2.75) is 39.7 Å². The van der Waals surface area contributed by atoms with E-state index in [9.17, 15) is 13.6 Å². The van der Waals surface area contributed by atoms with Crippen molar-refractivity contribution in [1.29, 1.82) is 0 Å². The average molecular weight is 457 g/mol. The summed E-state index contributed by atoms with van der Waals surface area (Å²) in [4.78, 5) is 23.5. The molecular weight excluding hydrogens is 426 g/mol. The maximum absolute atomic E-state index is 13.7. The molecule has 0 spiro atoms. The quantitative estimate of drug-likeness (QED) is 0.512. The number of carbonyl (C=O) groups is 1. The molecule has 1 aliphatic heterocycles. The molecule has 4 rings (SSSR count). The van der Waals surface area contributed by atoms with E-state index in [0.29, 0.717) is 36.6 Å². The molecule has 176 valence electrons. The van der Waals surface area contributed by atoms with Gasteiger partial charge in [-0.3, -0.25) is 0 Å². The number of nitrogens with zero attached hydrogens (tertiary/aromatic N) is 3. The van der Waals surface area contributed by atoms with Gasteiger partial charge in [0.15, 0.2) is 5.82 Å². The topological polar surface area (TPSA) is 67.4 Å². The zero-order valence-electron chi connectivity index (χ0n) is 19.0. The maximum Gasteiger partial charge on any atom is 0.407 e. The largest absolute Gasteiger partial charge is 0.449 e. The van der Waals surface area contributed by atoms with Crippen LogP contribution in [0.25, 0.3) is 22.3 Å². The van der Waals surface area contributed by atoms with Gasteiger partial charge in [0, 0.05) is 31.0 Å². The molecule has 1 saturated heterocycles. The van der Waals surface area contributed by atoms with Crippen LogP contribution in [-0.4, -0.2) is 41.8 Å². The van der Waals surface area contributed by atoms with Crippen LogP contribution in [-0.2, 0) is 4.74 Å². The Bertz CT molecular complexity index is 1160. The number of fused-ring (bicyclic) bond motifs is 1. The minimum Gasteiger partial charge on any atom is -0.449 e. The average Bonchev–Trinajstić information content (AvgIpc) is 3.24. The Hall–Kier alpha value is -3.29. The lowest BCUT2D eigenvalue weighted by molar-refractivity contribution is 0.130. The first-order valence-electron chi connectivity index (χ1n) is 11.2. The summed E-state index contributed by atoms with van der Waals surface area (Å²) in [6, 6.07) is 12.1. The third-order valence-electron chi connectivity index (χ3n) is 5.63. The number of nitrogens with one attached hydrogen (secondary N) is 1. The zero-order valence-corrected chi connectivity index (χ0v) is 19.0. The van der Waals surface area contributed by atoms with Gasteiger partial charge in [-0.15, -0.1) is 0 Å². The van der Waals surface area contributed by atoms with Gasteiger partial charge in [0.25, 0.3) is 6.43 Å². The molecule has 2 heterocycles. The van der Waals surface area contributed by atoms with Crippen molar-refractivity contribution in [1.82, 2.24) is 15.3 Å². The van der Waals surface area contributed by atoms with Gasteiger partial charge in [0.1, 0.15) is 5.82 Å². The van der Waals surface area contributed by atoms with E-state index in [-0.39, 0.29) is 24.8 Å². The molecular formula is C25H30F2N4O2. The van der Waals surface area contributed by atoms with E-state index < -0.39 is 12.5 Å². The molecule has 0 aliphatic carbocycles. The predicted molar refractivity (Wildman–Crippen MR) is 127 cm³/mol. The normalized spacial score (nSPS) is 16.1. The van der Waals surface area contributed by atoms with Crippen LogP contribution in [0.3, 0.4) is 0 Å². The zero-order chi connectivity index (χ0) is 23.5. The molecule has 1 aromatic heterocycles. The van der Waals surface area contributed by atoms with E-state index in [1.165, 1.54) is 6.07 Å². The third kappa shape index (κ3) is 5.21. The van der Waals surface area contributed by atoms with Crippen molar-refractivity contribution in [3.8, 4) is 11.4 Å². The summed E-state index contributed by atoms with van der Waals surface area (Å²) < 4.78 is 32.6. The SMILES string of the molecule is Cc1ccc2c(N3CC[C@@H](NC(=O)OCC(C)C)C3)nc(-c3ccccc3C(F)F)nc2c1.[HH]. The smallest absolute Gasteiger partial charge is 0.407 e. The summed E-state index contributed by atoms with van der Waals surface area (Å²) in [5.41, 5.74) is 1.95. The number of halogens is 2. The minimum atomic E-state index is -2.63. The Labute approximate surface area is 193 Å². The van der Waals surface area contributed by atoms with Crippen molar-refractivity contribution in [3.05, 3.63) is 53.6 Å². The second-order valence-electron chi connectivity index (χ2n) is 8.85. The fourth-order valence-corrected chi connectivity index (χ4v) is 4.00. The van der Waals surface area contributed by atoms with Crippen LogP contribution in [0, 0.1) is 12.8 Å². The Morgan fingerprint density at radius 2 is 2.03 bits per heavy atom. The molecule has 1 fully saturated rings. The van der Waals surface area contributed by atoms with Crippen LogP contribution in [0.5, 0.6) is 0 Å². The summed E-state index contributed by atoms with van der Waals surface area (Å²) >= 11 is 0. The summed E-state index contributed by atoms with van der Waals surface area (Å²) in [7, 11) is 0. The molecule has 0 radical (unpaired) electrons. The summed E-state index contributed by atoms with van der Waals surface area (Å²) in [5.74, 6) is 1.21. The van der Waals surface area contributed by atoms with Gasteiger partial charge in [0.2, 0.25) is 0 Å². The molecule has 0 bridgehead atoms. The highest BCUT2D eigenvalue weighted by molar-refractivity contribution is 5.92. The third-order valence-corrected chi connectivity index (χ3v) is 5.63. The van der Waals surface area contributed by atoms with Crippen molar-refractivity contribution >= 4 is 22.8 Å². The predicted octanol–water partition coefficient (Wildman–Crippen LogP) is 5.75. The fraction of sp³-hybridized carbons (Fsp3) is 0.400. The Morgan fingerprint density at radius 3 is 2.79 bits per heavy atom. The van der Waals surface area contributed by atoms with Gasteiger partial charge in [-0.2, -0.15) is 0 Å². The first-order valence-corrected chi connectivity index (χ1v) is 11.2. The summed E-state index contributed by atoms with van der Waals surface area (Å²) in [6.07, 6.45) is -2.32. The number of carbonyl (C=O) groups excluding carboxylic acids is 1. The van der Waals surface area contributed by atoms with E-state index in [1.54, 1.807) is 18.2 Å². The lowest BCUT2D eigenvalue weighted by atomic mass is 10.1. The number of alkyl carbamates (subject to hydrolysis) is 1. The number of amides is 1. The highest BCUT2D eigenvalue weighted by Crippen LogP contribution is 2.34. The van der Waals surface area contributed by atoms with Crippen LogP contribution in [0.2, 0.25) is 0 Å². The first-order chi connectivity index (χ1) is 15.8. The molecule has 33 heavy (non-hydrogen) atoms. The molecule has 0 saturated carbocycles. The van der Waals surface area contributed by atoms with Gasteiger partial charge < -0.3 is 15.0 Å². The van der Waals surface area contributed by atoms with Crippen LogP contribution in [0.15, 0.2) is 42.5 Å². The molecule has 2 aromatic carbocycles. The van der Waals surface area contributed by atoms with E-state index in [2.05, 4.69) is 15.2 Å². The standard InChI is InChI=1S/C25H28F2N4O2.H2/c1-15(2)14-33-25(32)28-17-10-11-31(13-17)24-20-9-8-16(3)12-21(20)29-23(30-24)19-7-5-4-6-18(19)22(26)27;/h4-9,12,15,17,22H,10-11,13-14H2,1-3H3,(H,28,32);1H/t17-;/m1./s1. The number of rotatable bonds is 6. The van der Waals surface area contributed by atoms with Crippen molar-refractivity contribution in [2.75, 3.05) is 24.6 Å². The second kappa shape index (κ2) is 9.68. The van der Waals surface area contributed by atoms with Gasteiger partial charge in [-0.1, -0.05) is 44.2 Å². The lowest BCUT2D eigenvalue weighted by Crippen LogP contribution is -2.38. The van der Waals surface area contributed by atoms with E-state index >= 15 is 0 Å². The number of anilines is 1. The highest BCUT2D eigenvalue weighted by atomic mass is 19.3. The Morgan fingerprint density at radius 1 is 1.24 bits per heavy atom. The van der Waals surface area contributed by atoms with Gasteiger partial charge >= 0.3 is 6.09 Å². The molecule has 1 aliphatic rings. The molecule has 1 amide bonds. The molecule has 0 unspecified atom stereocenters. The van der Waals surface area contributed by atoms with E-state index in [1.807, 2.05) is 39.0 Å². The summed E-state index contributed by atoms with van der Waals surface area (Å²) in [6.45, 7) is 7.52. The number of aromatic nitrogens is 2. The van der Waals surface area contributed by atoms with Crippen LogP contribution >= 0.6 is 0 Å². The molecule has 3 aromatic rings. The Balaban J connectivity index is 0.00000324. The first kappa shape index (κ1) is 22.9. The highest BCUT2D eigenvalue weighted by Gasteiger charge is 2.28. The summed E-state index contributed by atoms with van der Waals surface area (Å²) in [5, 5.41) is 3.77. The number of hydrogen-bond acceptors (Lipinski definition) is 5. The monoisotopic (exact) mass is 456 g/mol. The molecule has 8 heteroatoms. The van der Waals surface area contributed by atoms with Crippen molar-refractivity contribution < 1.29 is 19.7 Å². The van der Waals surface area contributed by atoms with Gasteiger partial charge in [-0.25, -0.2) is 23.5 Å². The lowest BCUT2D eigenvalue weighted by Gasteiger charge is -2.21. The maximum atomic E-state index is 13.7. The number of benzene rings is 2. The number of hydrogen-bond donors (Lipinski definition) is 1. The van der Waals surface area contributed by atoms with Crippen LogP contribution < -0.4 is 10.2 Å². The van der Waals surface area contributed by atoms with Crippen molar-refractivity contribution in [3.63, 3.8) is 0 Å². The fourth-order valence-electron chi connectivity index (χ4n) is 4.00. The Kier molecular flexibility index (Phi) is 6.72. The molecule has 6 nitrogen and oxygen atoms in total. The number of alkyl halides is 2. The minimum absolute atomic E-state index is 0. The number of aryl methyl sites for hydroxylation is 1. The van der Waals surface area contributed by atoms with Crippen molar-refractivity contribution in [2.24, 2.45) is 5.92 Å². The van der Waals surface area contributed by atoms with Crippen LogP contribution in [0.1, 0.15) is 39.2 Å². The van der Waals surface area contributed by atoms with Crippen LogP contribution in [0.4, 0.5) is 19.4 Å². The second-order valence-corrected chi connectivity index (χ2v) is 8.85. The molecule has 1 atom stereocenters.